The molecule has 0 bridgehead atoms. The lowest BCUT2D eigenvalue weighted by atomic mass is 10.5. The second kappa shape index (κ2) is 4.38. The van der Waals surface area contributed by atoms with E-state index in [1.54, 1.807) is 6.92 Å². The zero-order valence-electron chi connectivity index (χ0n) is 6.69. The largest absolute Gasteiger partial charge is 0.553 e. The first kappa shape index (κ1) is 9.42. The van der Waals surface area contributed by atoms with E-state index in [0.717, 1.165) is 0 Å². The van der Waals surface area contributed by atoms with Crippen LogP contribution < -0.4 is 0 Å². The summed E-state index contributed by atoms with van der Waals surface area (Å²) in [5.41, 5.74) is 0. The van der Waals surface area contributed by atoms with Gasteiger partial charge in [0.15, 0.2) is 0 Å². The summed E-state index contributed by atoms with van der Waals surface area (Å²) in [7, 11) is -1.90. The Bertz CT molecular complexity index is 192. The fourth-order valence-electron chi connectivity index (χ4n) is 0.806. The summed E-state index contributed by atoms with van der Waals surface area (Å²) >= 11 is 0. The van der Waals surface area contributed by atoms with E-state index in [4.69, 9.17) is 4.52 Å². The number of cyclic esters (lactones) is 2. The molecule has 0 spiro atoms. The molecule has 12 heavy (non-hydrogen) atoms. The topological polar surface area (TPSA) is 61.8 Å². The second-order valence-corrected chi connectivity index (χ2v) is 3.57. The first-order valence-electron chi connectivity index (χ1n) is 3.66. The zero-order valence-corrected chi connectivity index (χ0v) is 7.58. The number of hydrogen-bond donors (Lipinski definition) is 0. The Morgan fingerprint density at radius 1 is 1.75 bits per heavy atom. The van der Waals surface area contributed by atoms with Crippen LogP contribution in [-0.2, 0) is 18.6 Å². The van der Waals surface area contributed by atoms with Gasteiger partial charge in [-0.1, -0.05) is 0 Å². The van der Waals surface area contributed by atoms with Crippen molar-refractivity contribution < 1.29 is 23.4 Å². The molecule has 0 N–H and O–H groups in total. The minimum atomic E-state index is -1.90. The molecule has 2 unspecified atom stereocenters. The highest BCUT2D eigenvalue weighted by atomic mass is 31.1. The summed E-state index contributed by atoms with van der Waals surface area (Å²) in [5, 5.41) is 0. The smallest absolute Gasteiger partial charge is 0.434 e. The quantitative estimate of drug-likeness (QED) is 0.503. The van der Waals surface area contributed by atoms with E-state index in [9.17, 15) is 9.36 Å². The molecular formula is C6H10O5P+. The number of hydrogen-bond acceptors (Lipinski definition) is 5. The lowest BCUT2D eigenvalue weighted by Crippen LogP contribution is -2.25. The number of ether oxygens (including phenoxy) is 2. The van der Waals surface area contributed by atoms with Gasteiger partial charge in [0.2, 0.25) is 0 Å². The minimum absolute atomic E-state index is 0.248. The molecule has 6 heteroatoms. The van der Waals surface area contributed by atoms with E-state index < -0.39 is 20.0 Å². The number of rotatable bonds is 3. The molecule has 1 rings (SSSR count). The Morgan fingerprint density at radius 3 is 3.08 bits per heavy atom. The van der Waals surface area contributed by atoms with Gasteiger partial charge in [-0.2, -0.15) is 0 Å². The van der Waals surface area contributed by atoms with E-state index in [-0.39, 0.29) is 6.61 Å². The lowest BCUT2D eigenvalue weighted by molar-refractivity contribution is 0.00152. The molecule has 1 aliphatic heterocycles. The number of carbonyl (C=O) groups is 1. The van der Waals surface area contributed by atoms with E-state index in [1.807, 2.05) is 0 Å². The van der Waals surface area contributed by atoms with Crippen molar-refractivity contribution in [2.45, 2.75) is 19.2 Å². The zero-order chi connectivity index (χ0) is 8.97. The maximum Gasteiger partial charge on any atom is 0.553 e. The molecule has 1 aliphatic rings. The van der Waals surface area contributed by atoms with Crippen LogP contribution in [-0.4, -0.2) is 25.2 Å². The number of carbonyl (C=O) groups excluding carboxylic acids is 1. The standard InChI is InChI=1S/C6H10O5P/c1-2-10-12(8)5-3-4-9-6(7)11-5/h5H,2-4H2,1H3/q+1. The third-order valence-electron chi connectivity index (χ3n) is 1.31. The van der Waals surface area contributed by atoms with E-state index >= 15 is 0 Å². The van der Waals surface area contributed by atoms with Crippen LogP contribution in [0.1, 0.15) is 13.3 Å². The van der Waals surface area contributed by atoms with Crippen LogP contribution >= 0.6 is 8.03 Å². The molecule has 2 atom stereocenters. The van der Waals surface area contributed by atoms with Gasteiger partial charge in [0.05, 0.1) is 13.0 Å². The molecule has 0 aliphatic carbocycles. The van der Waals surface area contributed by atoms with Crippen LogP contribution in [0.25, 0.3) is 0 Å². The lowest BCUT2D eigenvalue weighted by Gasteiger charge is -2.13. The van der Waals surface area contributed by atoms with Crippen LogP contribution in [0.2, 0.25) is 0 Å². The van der Waals surface area contributed by atoms with Crippen LogP contribution in [0.4, 0.5) is 4.79 Å². The van der Waals surface area contributed by atoms with Gasteiger partial charge in [0.25, 0.3) is 0 Å². The van der Waals surface area contributed by atoms with Gasteiger partial charge in [-0.05, 0) is 11.5 Å². The van der Waals surface area contributed by atoms with Gasteiger partial charge < -0.3 is 9.47 Å². The minimum Gasteiger partial charge on any atom is -0.434 e. The van der Waals surface area contributed by atoms with Crippen molar-refractivity contribution in [1.29, 1.82) is 0 Å². The molecule has 0 aromatic carbocycles. The molecule has 0 amide bonds. The first-order chi connectivity index (χ1) is 5.74. The molecule has 0 saturated carbocycles. The third kappa shape index (κ3) is 2.43. The van der Waals surface area contributed by atoms with Gasteiger partial charge >= 0.3 is 20.0 Å². The van der Waals surface area contributed by atoms with Crippen LogP contribution in [0.5, 0.6) is 0 Å². The van der Waals surface area contributed by atoms with Gasteiger partial charge in [-0.25, -0.2) is 4.79 Å². The van der Waals surface area contributed by atoms with Gasteiger partial charge in [-0.3, -0.25) is 0 Å². The molecule has 0 aromatic rings. The Kier molecular flexibility index (Phi) is 3.44. The highest BCUT2D eigenvalue weighted by molar-refractivity contribution is 7.39. The van der Waals surface area contributed by atoms with Crippen molar-refractivity contribution in [1.82, 2.24) is 0 Å². The van der Waals surface area contributed by atoms with Gasteiger partial charge in [0, 0.05) is 0 Å². The molecule has 1 saturated heterocycles. The maximum atomic E-state index is 11.1. The third-order valence-corrected chi connectivity index (χ3v) is 2.66. The Morgan fingerprint density at radius 2 is 2.50 bits per heavy atom. The SMILES string of the molecule is CCO[P+](=O)C1CCOC(=O)O1. The van der Waals surface area contributed by atoms with E-state index in [1.165, 1.54) is 0 Å². The second-order valence-electron chi connectivity index (χ2n) is 2.16. The maximum absolute atomic E-state index is 11.1. The van der Waals surface area contributed by atoms with Crippen molar-refractivity contribution in [3.05, 3.63) is 0 Å². The summed E-state index contributed by atoms with van der Waals surface area (Å²) in [4.78, 5) is 10.6. The normalized spacial score (nSPS) is 24.2. The summed E-state index contributed by atoms with van der Waals surface area (Å²) in [6.45, 7) is 2.33. The summed E-state index contributed by atoms with van der Waals surface area (Å²) in [5.74, 6) is -0.638. The summed E-state index contributed by atoms with van der Waals surface area (Å²) in [6, 6.07) is 0. The van der Waals surface area contributed by atoms with E-state index in [0.29, 0.717) is 13.0 Å². The van der Waals surface area contributed by atoms with Crippen molar-refractivity contribution in [2.24, 2.45) is 0 Å². The van der Waals surface area contributed by atoms with Gasteiger partial charge in [0.1, 0.15) is 6.61 Å². The van der Waals surface area contributed by atoms with Gasteiger partial charge in [-0.15, -0.1) is 4.52 Å². The van der Waals surface area contributed by atoms with Crippen molar-refractivity contribution >= 4 is 14.2 Å². The molecule has 0 radical (unpaired) electrons. The first-order valence-corrected chi connectivity index (χ1v) is 4.91. The summed E-state index contributed by atoms with van der Waals surface area (Å²) in [6.07, 6.45) is -0.338. The molecule has 68 valence electrons. The predicted octanol–water partition coefficient (Wildman–Crippen LogP) is 1.65. The van der Waals surface area contributed by atoms with Crippen molar-refractivity contribution in [2.75, 3.05) is 13.2 Å². The highest BCUT2D eigenvalue weighted by Gasteiger charge is 2.39. The molecule has 5 nitrogen and oxygen atoms in total. The molecule has 0 aromatic heterocycles. The van der Waals surface area contributed by atoms with E-state index in [2.05, 4.69) is 9.47 Å². The monoisotopic (exact) mass is 193 g/mol. The van der Waals surface area contributed by atoms with Crippen molar-refractivity contribution in [3.63, 3.8) is 0 Å². The predicted molar refractivity (Wildman–Crippen MR) is 40.1 cm³/mol. The fraction of sp³-hybridized carbons (Fsp3) is 0.833. The molecule has 1 fully saturated rings. The van der Waals surface area contributed by atoms with Crippen molar-refractivity contribution in [3.8, 4) is 0 Å². The summed E-state index contributed by atoms with van der Waals surface area (Å²) < 4.78 is 25.1. The average molecular weight is 193 g/mol. The average Bonchev–Trinajstić information content (AvgIpc) is 2.05. The van der Waals surface area contributed by atoms with Crippen LogP contribution in [0, 0.1) is 0 Å². The Balaban J connectivity index is 2.40. The Hall–Kier alpha value is -0.670. The Labute approximate surface area is 70.9 Å². The van der Waals surface area contributed by atoms with Crippen LogP contribution in [0.3, 0.4) is 0 Å². The fourth-order valence-corrected chi connectivity index (χ4v) is 1.72. The molecule has 1 heterocycles. The highest BCUT2D eigenvalue weighted by Crippen LogP contribution is 2.34. The molecular weight excluding hydrogens is 183 g/mol. The van der Waals surface area contributed by atoms with Crippen LogP contribution in [0.15, 0.2) is 0 Å².